The lowest BCUT2D eigenvalue weighted by Crippen LogP contribution is -2.21. The molecule has 0 saturated heterocycles. The number of alkyl halides is 6. The first kappa shape index (κ1) is 16.0. The van der Waals surface area contributed by atoms with Gasteiger partial charge in [-0.25, -0.2) is 9.37 Å². The van der Waals surface area contributed by atoms with Gasteiger partial charge in [0.25, 0.3) is 0 Å². The molecule has 0 unspecified atom stereocenters. The summed E-state index contributed by atoms with van der Waals surface area (Å²) in [5.74, 6) is -5.43. The molecule has 0 bridgehead atoms. The minimum absolute atomic E-state index is 0.297. The molecule has 20 heavy (non-hydrogen) atoms. The average Bonchev–Trinajstić information content (AvgIpc) is 2.17. The van der Waals surface area contributed by atoms with Gasteiger partial charge in [0.1, 0.15) is 0 Å². The first-order valence-corrected chi connectivity index (χ1v) is 4.64. The van der Waals surface area contributed by atoms with Crippen LogP contribution in [0.1, 0.15) is 11.3 Å². The van der Waals surface area contributed by atoms with Gasteiger partial charge in [-0.2, -0.15) is 13.2 Å². The Morgan fingerprint density at radius 3 is 2.20 bits per heavy atom. The van der Waals surface area contributed by atoms with Crippen molar-refractivity contribution >= 4 is 5.97 Å². The van der Waals surface area contributed by atoms with Crippen LogP contribution in [-0.4, -0.2) is 22.4 Å². The summed E-state index contributed by atoms with van der Waals surface area (Å²) < 4.78 is 89.5. The maximum atomic E-state index is 13.4. The lowest BCUT2D eigenvalue weighted by Gasteiger charge is -2.14. The van der Waals surface area contributed by atoms with Crippen molar-refractivity contribution in [2.24, 2.45) is 0 Å². The van der Waals surface area contributed by atoms with Gasteiger partial charge in [0.2, 0.25) is 5.88 Å². The molecular formula is C9H4F7NO3. The number of halogens is 7. The van der Waals surface area contributed by atoms with Crippen LogP contribution in [0, 0.1) is 5.82 Å². The molecular weight excluding hydrogens is 303 g/mol. The molecule has 0 aliphatic carbocycles. The molecule has 1 N–H and O–H groups in total. The molecule has 0 aliphatic heterocycles. The number of aromatic nitrogens is 1. The van der Waals surface area contributed by atoms with E-state index in [0.717, 1.165) is 0 Å². The van der Waals surface area contributed by atoms with E-state index < -0.39 is 47.9 Å². The van der Waals surface area contributed by atoms with Crippen molar-refractivity contribution in [1.82, 2.24) is 4.98 Å². The van der Waals surface area contributed by atoms with Gasteiger partial charge in [0.15, 0.2) is 5.82 Å². The normalized spacial score (nSPS) is 12.3. The maximum Gasteiger partial charge on any atom is 0.574 e. The summed E-state index contributed by atoms with van der Waals surface area (Å²) in [5, 5.41) is 8.36. The molecule has 112 valence electrons. The number of carbonyl (C=O) groups is 1. The molecule has 1 aromatic heterocycles. The van der Waals surface area contributed by atoms with Crippen molar-refractivity contribution in [3.05, 3.63) is 23.1 Å². The number of rotatable bonds is 3. The highest BCUT2D eigenvalue weighted by Gasteiger charge is 2.39. The topological polar surface area (TPSA) is 59.4 Å². The summed E-state index contributed by atoms with van der Waals surface area (Å²) in [4.78, 5) is 13.1. The van der Waals surface area contributed by atoms with Crippen LogP contribution in [0.5, 0.6) is 5.88 Å². The quantitative estimate of drug-likeness (QED) is 0.872. The third kappa shape index (κ3) is 4.24. The SMILES string of the molecule is O=C(O)Cc1nc(OC(F)(F)F)cc(C(F)(F)F)c1F. The number of ether oxygens (including phenoxy) is 1. The third-order valence-electron chi connectivity index (χ3n) is 1.85. The van der Waals surface area contributed by atoms with Crippen molar-refractivity contribution in [1.29, 1.82) is 0 Å². The van der Waals surface area contributed by atoms with E-state index in [9.17, 15) is 35.5 Å². The molecule has 0 fully saturated rings. The highest BCUT2D eigenvalue weighted by Crippen LogP contribution is 2.35. The molecule has 0 aromatic carbocycles. The van der Waals surface area contributed by atoms with Gasteiger partial charge in [0.05, 0.1) is 17.7 Å². The Kier molecular flexibility index (Phi) is 4.10. The van der Waals surface area contributed by atoms with Crippen LogP contribution in [0.15, 0.2) is 6.07 Å². The van der Waals surface area contributed by atoms with E-state index in [-0.39, 0.29) is 6.07 Å². The zero-order chi connectivity index (χ0) is 15.7. The number of carboxylic acids is 1. The molecule has 11 heteroatoms. The molecule has 0 spiro atoms. The molecule has 1 rings (SSSR count). The van der Waals surface area contributed by atoms with E-state index in [1.807, 2.05) is 0 Å². The van der Waals surface area contributed by atoms with Crippen molar-refractivity contribution in [3.8, 4) is 5.88 Å². The highest BCUT2D eigenvalue weighted by atomic mass is 19.4. The first-order valence-electron chi connectivity index (χ1n) is 4.64. The standard InChI is InChI=1S/C9H4F7NO3/c10-7-3(8(11,12)13)1-5(20-9(14,15)16)17-4(7)2-6(18)19/h1H,2H2,(H,18,19). The summed E-state index contributed by atoms with van der Waals surface area (Å²) in [5.41, 5.74) is -3.41. The minimum atomic E-state index is -5.35. The number of hydrogen-bond donors (Lipinski definition) is 1. The Morgan fingerprint density at radius 1 is 1.25 bits per heavy atom. The molecule has 0 amide bonds. The lowest BCUT2D eigenvalue weighted by molar-refractivity contribution is -0.276. The predicted octanol–water partition coefficient (Wildman–Crippen LogP) is 2.77. The smallest absolute Gasteiger partial charge is 0.481 e. The van der Waals surface area contributed by atoms with Crippen LogP contribution >= 0.6 is 0 Å². The Bertz CT molecular complexity index is 523. The fourth-order valence-electron chi connectivity index (χ4n) is 1.19. The number of nitrogens with zero attached hydrogens (tertiary/aromatic N) is 1. The first-order chi connectivity index (χ1) is 8.90. The maximum absolute atomic E-state index is 13.4. The van der Waals surface area contributed by atoms with Gasteiger partial charge >= 0.3 is 18.5 Å². The lowest BCUT2D eigenvalue weighted by atomic mass is 10.1. The monoisotopic (exact) mass is 307 g/mol. The molecule has 1 heterocycles. The van der Waals surface area contributed by atoms with Crippen LogP contribution in [-0.2, 0) is 17.4 Å². The van der Waals surface area contributed by atoms with Gasteiger partial charge in [-0.3, -0.25) is 4.79 Å². The second-order valence-electron chi connectivity index (χ2n) is 3.38. The second-order valence-corrected chi connectivity index (χ2v) is 3.38. The summed E-state index contributed by atoms with van der Waals surface area (Å²) in [6.07, 6.45) is -12.0. The zero-order valence-electron chi connectivity index (χ0n) is 9.14. The van der Waals surface area contributed by atoms with Crippen LogP contribution in [0.3, 0.4) is 0 Å². The largest absolute Gasteiger partial charge is 0.574 e. The number of pyridine rings is 1. The van der Waals surface area contributed by atoms with Crippen molar-refractivity contribution < 1.29 is 45.4 Å². The Balaban J connectivity index is 3.37. The van der Waals surface area contributed by atoms with E-state index in [2.05, 4.69) is 9.72 Å². The Morgan fingerprint density at radius 2 is 1.80 bits per heavy atom. The number of hydrogen-bond acceptors (Lipinski definition) is 3. The average molecular weight is 307 g/mol. The number of carboxylic acid groups (broad SMARTS) is 1. The molecule has 0 saturated carbocycles. The molecule has 1 aromatic rings. The Labute approximate surface area is 105 Å². The molecule has 0 aliphatic rings. The van der Waals surface area contributed by atoms with Crippen LogP contribution < -0.4 is 4.74 Å². The molecule has 4 nitrogen and oxygen atoms in total. The molecule has 0 radical (unpaired) electrons. The predicted molar refractivity (Wildman–Crippen MR) is 47.2 cm³/mol. The third-order valence-corrected chi connectivity index (χ3v) is 1.85. The van der Waals surface area contributed by atoms with Crippen molar-refractivity contribution in [3.63, 3.8) is 0 Å². The van der Waals surface area contributed by atoms with Crippen molar-refractivity contribution in [2.45, 2.75) is 19.0 Å². The van der Waals surface area contributed by atoms with Gasteiger partial charge in [-0.15, -0.1) is 13.2 Å². The fraction of sp³-hybridized carbons (Fsp3) is 0.333. The van der Waals surface area contributed by atoms with Crippen LogP contribution in [0.25, 0.3) is 0 Å². The van der Waals surface area contributed by atoms with Gasteiger partial charge in [-0.1, -0.05) is 0 Å². The summed E-state index contributed by atoms with van der Waals surface area (Å²) in [6, 6.07) is -0.297. The van der Waals surface area contributed by atoms with E-state index in [1.54, 1.807) is 0 Å². The van der Waals surface area contributed by atoms with E-state index in [0.29, 0.717) is 0 Å². The second kappa shape index (κ2) is 5.13. The Hall–Kier alpha value is -2.07. The van der Waals surface area contributed by atoms with Crippen LogP contribution in [0.2, 0.25) is 0 Å². The summed E-state index contributed by atoms with van der Waals surface area (Å²) in [7, 11) is 0. The number of aliphatic carboxylic acids is 1. The molecule has 0 atom stereocenters. The van der Waals surface area contributed by atoms with Gasteiger partial charge < -0.3 is 9.84 Å². The van der Waals surface area contributed by atoms with E-state index >= 15 is 0 Å². The fourth-order valence-corrected chi connectivity index (χ4v) is 1.19. The summed E-state index contributed by atoms with van der Waals surface area (Å²) in [6.45, 7) is 0. The minimum Gasteiger partial charge on any atom is -0.481 e. The van der Waals surface area contributed by atoms with Gasteiger partial charge in [-0.05, 0) is 0 Å². The van der Waals surface area contributed by atoms with E-state index in [1.165, 1.54) is 0 Å². The highest BCUT2D eigenvalue weighted by molar-refractivity contribution is 5.69. The summed E-state index contributed by atoms with van der Waals surface area (Å²) >= 11 is 0. The van der Waals surface area contributed by atoms with E-state index in [4.69, 9.17) is 5.11 Å². The van der Waals surface area contributed by atoms with Crippen LogP contribution in [0.4, 0.5) is 30.7 Å². The van der Waals surface area contributed by atoms with Crippen molar-refractivity contribution in [2.75, 3.05) is 0 Å². The zero-order valence-corrected chi connectivity index (χ0v) is 9.14. The van der Waals surface area contributed by atoms with Gasteiger partial charge in [0, 0.05) is 6.07 Å².